The van der Waals surface area contributed by atoms with Crippen LogP contribution in [0.5, 0.6) is 0 Å². The zero-order chi connectivity index (χ0) is 20.2. The fraction of sp³-hybridized carbons (Fsp3) is 0.286. The second kappa shape index (κ2) is 8.40. The lowest BCUT2D eigenvalue weighted by Crippen LogP contribution is -2.41. The van der Waals surface area contributed by atoms with Gasteiger partial charge in [0.2, 0.25) is 5.91 Å². The Bertz CT molecular complexity index is 1030. The monoisotopic (exact) mass is 396 g/mol. The first-order valence-electron chi connectivity index (χ1n) is 9.45. The van der Waals surface area contributed by atoms with Crippen molar-refractivity contribution in [1.29, 1.82) is 0 Å². The molecule has 0 aliphatic carbocycles. The summed E-state index contributed by atoms with van der Waals surface area (Å²) in [4.78, 5) is 27.1. The number of hydrogen-bond donors (Lipinski definition) is 1. The van der Waals surface area contributed by atoms with E-state index in [0.717, 1.165) is 16.5 Å². The highest BCUT2D eigenvalue weighted by Crippen LogP contribution is 2.20. The third-order valence-electron chi connectivity index (χ3n) is 4.86. The molecule has 1 aliphatic heterocycles. The Kier molecular flexibility index (Phi) is 5.53. The van der Waals surface area contributed by atoms with Crippen molar-refractivity contribution >= 4 is 22.7 Å². The minimum atomic E-state index is -0.319. The summed E-state index contributed by atoms with van der Waals surface area (Å²) in [5, 5.41) is 7.96. The van der Waals surface area contributed by atoms with Gasteiger partial charge < -0.3 is 15.0 Å². The van der Waals surface area contributed by atoms with Gasteiger partial charge in [-0.2, -0.15) is 5.10 Å². The summed E-state index contributed by atoms with van der Waals surface area (Å²) in [5.74, 6) is -0.719. The van der Waals surface area contributed by atoms with Gasteiger partial charge in [-0.05, 0) is 23.8 Å². The molecule has 0 saturated carbocycles. The third-order valence-corrected chi connectivity index (χ3v) is 4.86. The predicted molar refractivity (Wildman–Crippen MR) is 105 cm³/mol. The van der Waals surface area contributed by atoms with Gasteiger partial charge in [0.1, 0.15) is 12.4 Å². The molecule has 3 aromatic rings. The quantitative estimate of drug-likeness (QED) is 0.715. The van der Waals surface area contributed by atoms with Crippen molar-refractivity contribution in [3.05, 3.63) is 65.6 Å². The van der Waals surface area contributed by atoms with E-state index in [1.165, 1.54) is 12.1 Å². The topological polar surface area (TPSA) is 76.5 Å². The Balaban J connectivity index is 1.50. The van der Waals surface area contributed by atoms with Gasteiger partial charge in [0.25, 0.3) is 5.91 Å². The maximum Gasteiger partial charge on any atom is 0.275 e. The molecule has 2 amide bonds. The van der Waals surface area contributed by atoms with E-state index >= 15 is 0 Å². The molecule has 8 heteroatoms. The normalized spacial score (nSPS) is 14.2. The average molecular weight is 396 g/mol. The summed E-state index contributed by atoms with van der Waals surface area (Å²) in [5.41, 5.74) is 1.86. The fourth-order valence-electron chi connectivity index (χ4n) is 3.32. The molecule has 7 nitrogen and oxygen atoms in total. The lowest BCUT2D eigenvalue weighted by atomic mass is 10.2. The Hall–Kier alpha value is -3.26. The van der Waals surface area contributed by atoms with E-state index in [1.807, 2.05) is 24.3 Å². The van der Waals surface area contributed by atoms with Gasteiger partial charge >= 0.3 is 0 Å². The second-order valence-electron chi connectivity index (χ2n) is 6.83. The first-order chi connectivity index (χ1) is 14.1. The van der Waals surface area contributed by atoms with E-state index in [2.05, 4.69) is 10.4 Å². The number of morpholine rings is 1. The summed E-state index contributed by atoms with van der Waals surface area (Å²) in [7, 11) is 0. The largest absolute Gasteiger partial charge is 0.378 e. The number of ether oxygens (including phenoxy) is 1. The number of hydrogen-bond acceptors (Lipinski definition) is 4. The third kappa shape index (κ3) is 4.27. The van der Waals surface area contributed by atoms with Crippen LogP contribution in [0.2, 0.25) is 0 Å². The minimum absolute atomic E-state index is 0.0158. The van der Waals surface area contributed by atoms with Gasteiger partial charge in [0.05, 0.1) is 18.7 Å². The molecule has 29 heavy (non-hydrogen) atoms. The van der Waals surface area contributed by atoms with E-state index < -0.39 is 0 Å². The van der Waals surface area contributed by atoms with Crippen molar-refractivity contribution in [2.24, 2.45) is 0 Å². The highest BCUT2D eigenvalue weighted by molar-refractivity contribution is 6.05. The maximum atomic E-state index is 13.0. The van der Waals surface area contributed by atoms with Gasteiger partial charge in [-0.1, -0.05) is 30.3 Å². The Morgan fingerprint density at radius 3 is 2.55 bits per heavy atom. The van der Waals surface area contributed by atoms with Crippen LogP contribution in [-0.2, 0) is 22.6 Å². The van der Waals surface area contributed by atoms with Crippen LogP contribution in [0.3, 0.4) is 0 Å². The molecular formula is C21H21FN4O3. The van der Waals surface area contributed by atoms with Crippen molar-refractivity contribution < 1.29 is 18.7 Å². The maximum absolute atomic E-state index is 13.0. The number of para-hydroxylation sites is 1. The highest BCUT2D eigenvalue weighted by atomic mass is 19.1. The van der Waals surface area contributed by atoms with Crippen molar-refractivity contribution in [2.45, 2.75) is 13.1 Å². The molecule has 0 radical (unpaired) electrons. The number of benzene rings is 2. The summed E-state index contributed by atoms with van der Waals surface area (Å²) >= 11 is 0. The summed E-state index contributed by atoms with van der Waals surface area (Å²) in [6, 6.07) is 13.3. The Labute approximate surface area is 167 Å². The average Bonchev–Trinajstić information content (AvgIpc) is 3.12. The highest BCUT2D eigenvalue weighted by Gasteiger charge is 2.24. The summed E-state index contributed by atoms with van der Waals surface area (Å²) in [6.45, 7) is 2.35. The van der Waals surface area contributed by atoms with E-state index in [-0.39, 0.29) is 30.7 Å². The molecule has 1 aliphatic rings. The van der Waals surface area contributed by atoms with Crippen LogP contribution in [-0.4, -0.2) is 52.8 Å². The van der Waals surface area contributed by atoms with Gasteiger partial charge in [-0.15, -0.1) is 0 Å². The van der Waals surface area contributed by atoms with Gasteiger partial charge in [0.15, 0.2) is 5.69 Å². The van der Waals surface area contributed by atoms with Crippen LogP contribution in [0, 0.1) is 5.82 Å². The zero-order valence-corrected chi connectivity index (χ0v) is 15.8. The molecule has 2 heterocycles. The first-order valence-corrected chi connectivity index (χ1v) is 9.45. The number of fused-ring (bicyclic) bond motifs is 1. The first kappa shape index (κ1) is 19.1. The van der Waals surface area contributed by atoms with Crippen molar-refractivity contribution in [3.8, 4) is 0 Å². The Morgan fingerprint density at radius 2 is 1.79 bits per heavy atom. The lowest BCUT2D eigenvalue weighted by Gasteiger charge is -2.26. The molecule has 150 valence electrons. The number of carbonyl (C=O) groups excluding carboxylic acids is 2. The van der Waals surface area contributed by atoms with Crippen LogP contribution in [0.15, 0.2) is 48.5 Å². The lowest BCUT2D eigenvalue weighted by molar-refractivity contribution is -0.121. The predicted octanol–water partition coefficient (Wildman–Crippen LogP) is 1.96. The van der Waals surface area contributed by atoms with Crippen molar-refractivity contribution in [3.63, 3.8) is 0 Å². The molecule has 1 N–H and O–H groups in total. The number of rotatable bonds is 5. The van der Waals surface area contributed by atoms with Crippen LogP contribution >= 0.6 is 0 Å². The number of halogens is 1. The summed E-state index contributed by atoms with van der Waals surface area (Å²) in [6.07, 6.45) is 0. The van der Waals surface area contributed by atoms with Crippen LogP contribution in [0.4, 0.5) is 4.39 Å². The number of carbonyl (C=O) groups is 2. The molecule has 2 aromatic carbocycles. The van der Waals surface area contributed by atoms with E-state index in [1.54, 1.807) is 21.7 Å². The minimum Gasteiger partial charge on any atom is -0.378 e. The number of aromatic nitrogens is 2. The molecule has 1 saturated heterocycles. The smallest absolute Gasteiger partial charge is 0.275 e. The number of nitrogens with zero attached hydrogens (tertiary/aromatic N) is 3. The molecule has 0 spiro atoms. The van der Waals surface area contributed by atoms with Crippen molar-refractivity contribution in [2.75, 3.05) is 26.3 Å². The van der Waals surface area contributed by atoms with E-state index in [0.29, 0.717) is 32.0 Å². The van der Waals surface area contributed by atoms with Gasteiger partial charge in [0, 0.05) is 25.0 Å². The molecule has 0 unspecified atom stereocenters. The standard InChI is InChI=1S/C21H21FN4O3/c22-16-7-5-15(6-8-16)13-23-19(27)14-26-18-4-2-1-3-17(18)20(24-26)21(28)25-9-11-29-12-10-25/h1-8H,9-14H2,(H,23,27). The zero-order valence-electron chi connectivity index (χ0n) is 15.8. The van der Waals surface area contributed by atoms with Crippen LogP contribution < -0.4 is 5.32 Å². The van der Waals surface area contributed by atoms with Crippen molar-refractivity contribution in [1.82, 2.24) is 20.0 Å². The number of nitrogens with one attached hydrogen (secondary N) is 1. The molecule has 4 rings (SSSR count). The molecular weight excluding hydrogens is 375 g/mol. The second-order valence-corrected chi connectivity index (χ2v) is 6.83. The van der Waals surface area contributed by atoms with Gasteiger partial charge in [-0.25, -0.2) is 4.39 Å². The van der Waals surface area contributed by atoms with E-state index in [4.69, 9.17) is 4.74 Å². The molecule has 0 bridgehead atoms. The SMILES string of the molecule is O=C(Cn1nc(C(=O)N2CCOCC2)c2ccccc21)NCc1ccc(F)cc1. The van der Waals surface area contributed by atoms with E-state index in [9.17, 15) is 14.0 Å². The van der Waals surface area contributed by atoms with Gasteiger partial charge in [-0.3, -0.25) is 14.3 Å². The van der Waals surface area contributed by atoms with Crippen LogP contribution in [0.1, 0.15) is 16.1 Å². The molecule has 1 fully saturated rings. The Morgan fingerprint density at radius 1 is 1.07 bits per heavy atom. The molecule has 0 atom stereocenters. The van der Waals surface area contributed by atoms with Crippen LogP contribution in [0.25, 0.3) is 10.9 Å². The number of amides is 2. The molecule has 1 aromatic heterocycles. The summed E-state index contributed by atoms with van der Waals surface area (Å²) < 4.78 is 19.8. The fourth-order valence-corrected chi connectivity index (χ4v) is 3.32.